The van der Waals surface area contributed by atoms with Crippen LogP contribution in [0, 0.1) is 5.92 Å². The maximum absolute atomic E-state index is 13.4. The highest BCUT2D eigenvalue weighted by atomic mass is 16.6. The van der Waals surface area contributed by atoms with Gasteiger partial charge >= 0.3 is 5.97 Å². The molecule has 0 radical (unpaired) electrons. The summed E-state index contributed by atoms with van der Waals surface area (Å²) in [7, 11) is 0. The molecule has 162 valence electrons. The van der Waals surface area contributed by atoms with Gasteiger partial charge in [-0.2, -0.15) is 5.10 Å². The number of nitrogens with zero attached hydrogens (tertiary/aromatic N) is 3. The van der Waals surface area contributed by atoms with Crippen molar-refractivity contribution < 1.29 is 19.1 Å². The van der Waals surface area contributed by atoms with Crippen molar-refractivity contribution in [1.29, 1.82) is 0 Å². The molecule has 0 saturated carbocycles. The van der Waals surface area contributed by atoms with Crippen molar-refractivity contribution in [2.24, 2.45) is 11.0 Å². The summed E-state index contributed by atoms with van der Waals surface area (Å²) in [5.74, 6) is -1.77. The molecular formula is C22H30N4O4. The van der Waals surface area contributed by atoms with Crippen molar-refractivity contribution in [1.82, 2.24) is 15.4 Å². The van der Waals surface area contributed by atoms with Gasteiger partial charge in [-0.05, 0) is 40.2 Å². The molecule has 1 aromatic rings. The van der Waals surface area contributed by atoms with Crippen LogP contribution >= 0.6 is 0 Å². The van der Waals surface area contributed by atoms with Crippen LogP contribution in [0.3, 0.4) is 0 Å². The smallest absolute Gasteiger partial charge is 0.355 e. The Morgan fingerprint density at radius 1 is 1.23 bits per heavy atom. The summed E-state index contributed by atoms with van der Waals surface area (Å²) in [4.78, 5) is 38.6. The topological polar surface area (TPSA) is 91.3 Å². The zero-order chi connectivity index (χ0) is 22.3. The number of benzene rings is 1. The third-order valence-corrected chi connectivity index (χ3v) is 5.27. The number of hydrogen-bond donors (Lipinski definition) is 1. The van der Waals surface area contributed by atoms with Crippen molar-refractivity contribution >= 4 is 23.5 Å². The largest absolute Gasteiger partial charge is 0.455 e. The van der Waals surface area contributed by atoms with Crippen LogP contribution in [0.1, 0.15) is 53.5 Å². The normalized spacial score (nSPS) is 23.9. The lowest BCUT2D eigenvalue weighted by Crippen LogP contribution is -2.55. The Morgan fingerprint density at radius 3 is 2.47 bits per heavy atom. The van der Waals surface area contributed by atoms with Gasteiger partial charge in [0.1, 0.15) is 11.6 Å². The average Bonchev–Trinajstić information content (AvgIpc) is 3.11. The van der Waals surface area contributed by atoms with E-state index in [2.05, 4.69) is 10.5 Å². The number of carbonyl (C=O) groups is 3. The molecule has 2 aliphatic rings. The molecule has 8 heteroatoms. The van der Waals surface area contributed by atoms with Crippen LogP contribution in [-0.4, -0.2) is 50.7 Å². The lowest BCUT2D eigenvalue weighted by atomic mass is 9.97. The summed E-state index contributed by atoms with van der Waals surface area (Å²) < 4.78 is 5.39. The molecule has 0 aliphatic carbocycles. The molecule has 2 atom stereocenters. The van der Waals surface area contributed by atoms with Crippen molar-refractivity contribution in [3.63, 3.8) is 0 Å². The first-order valence-corrected chi connectivity index (χ1v) is 10.2. The van der Waals surface area contributed by atoms with Crippen LogP contribution in [0.5, 0.6) is 0 Å². The highest BCUT2D eigenvalue weighted by Crippen LogP contribution is 2.33. The van der Waals surface area contributed by atoms with E-state index in [-0.39, 0.29) is 18.0 Å². The Labute approximate surface area is 177 Å². The first-order chi connectivity index (χ1) is 13.9. The van der Waals surface area contributed by atoms with Crippen LogP contribution in [0.25, 0.3) is 0 Å². The molecule has 2 heterocycles. The number of imide groups is 1. The summed E-state index contributed by atoms with van der Waals surface area (Å²) >= 11 is 0. The fraction of sp³-hybridized carbons (Fsp3) is 0.545. The van der Waals surface area contributed by atoms with E-state index in [1.165, 1.54) is 5.01 Å². The zero-order valence-corrected chi connectivity index (χ0v) is 18.4. The summed E-state index contributed by atoms with van der Waals surface area (Å²) in [5.41, 5.74) is 2.72. The van der Waals surface area contributed by atoms with Crippen LogP contribution in [0.15, 0.2) is 35.4 Å². The second-order valence-corrected chi connectivity index (χ2v) is 9.47. The Balaban J connectivity index is 1.79. The molecule has 8 nitrogen and oxygen atoms in total. The molecule has 0 aromatic heterocycles. The first-order valence-electron chi connectivity index (χ1n) is 10.2. The Hall–Kier alpha value is -2.74. The van der Waals surface area contributed by atoms with Crippen molar-refractivity contribution in [2.75, 3.05) is 0 Å². The van der Waals surface area contributed by atoms with Gasteiger partial charge < -0.3 is 4.74 Å². The van der Waals surface area contributed by atoms with Gasteiger partial charge in [0.25, 0.3) is 5.91 Å². The Kier molecular flexibility index (Phi) is 5.73. The molecule has 1 N–H and O–H groups in total. The highest BCUT2D eigenvalue weighted by Gasteiger charge is 2.50. The maximum atomic E-state index is 13.4. The van der Waals surface area contributed by atoms with E-state index in [0.29, 0.717) is 6.54 Å². The third kappa shape index (κ3) is 4.38. The van der Waals surface area contributed by atoms with E-state index < -0.39 is 35.0 Å². The van der Waals surface area contributed by atoms with Gasteiger partial charge in [-0.1, -0.05) is 37.3 Å². The van der Waals surface area contributed by atoms with E-state index >= 15 is 0 Å². The Morgan fingerprint density at radius 2 is 1.87 bits per heavy atom. The van der Waals surface area contributed by atoms with E-state index in [4.69, 9.17) is 4.74 Å². The number of rotatable bonds is 4. The summed E-state index contributed by atoms with van der Waals surface area (Å²) in [5, 5.41) is 7.08. The third-order valence-electron chi connectivity index (χ3n) is 5.27. The monoisotopic (exact) mass is 414 g/mol. The number of carbonyl (C=O) groups excluding carboxylic acids is 3. The number of hydrazine groups is 1. The standard InChI is InChI=1S/C22H30N4O4/c1-14-17(23-24-18(14)20(29)30-21(2,3)4)19(28)26-16(27)12-22(5,6)25(26)13-15-10-8-7-9-11-15/h7-11,14,17,23H,12-13H2,1-6H3/t14-,17+/m0/s1. The first kappa shape index (κ1) is 22.0. The number of hydrazone groups is 1. The minimum Gasteiger partial charge on any atom is -0.455 e. The minimum absolute atomic E-state index is 0.156. The molecule has 2 aliphatic heterocycles. The molecular weight excluding hydrogens is 384 g/mol. The molecule has 3 rings (SSSR count). The molecule has 0 spiro atoms. The Bertz CT molecular complexity index is 873. The number of amides is 2. The van der Waals surface area contributed by atoms with E-state index in [0.717, 1.165) is 5.56 Å². The van der Waals surface area contributed by atoms with Gasteiger partial charge in [-0.15, -0.1) is 0 Å². The summed E-state index contributed by atoms with van der Waals surface area (Å²) in [6.07, 6.45) is 0.229. The molecule has 0 bridgehead atoms. The fourth-order valence-corrected chi connectivity index (χ4v) is 3.70. The van der Waals surface area contributed by atoms with Crippen molar-refractivity contribution in [3.8, 4) is 0 Å². The lowest BCUT2D eigenvalue weighted by Gasteiger charge is -2.36. The van der Waals surface area contributed by atoms with Crippen LogP contribution in [0.4, 0.5) is 0 Å². The molecule has 1 saturated heterocycles. The highest BCUT2D eigenvalue weighted by molar-refractivity contribution is 6.38. The molecule has 1 fully saturated rings. The molecule has 30 heavy (non-hydrogen) atoms. The minimum atomic E-state index is -0.816. The van der Waals surface area contributed by atoms with Gasteiger partial charge in [-0.3, -0.25) is 15.0 Å². The van der Waals surface area contributed by atoms with Gasteiger partial charge in [-0.25, -0.2) is 14.8 Å². The SMILES string of the molecule is C[C@@H]1C(C(=O)OC(C)(C)C)=NN[C@H]1C(=O)N1C(=O)CC(C)(C)N1Cc1ccccc1. The predicted molar refractivity (Wildman–Crippen MR) is 112 cm³/mol. The van der Waals surface area contributed by atoms with E-state index in [1.54, 1.807) is 32.7 Å². The van der Waals surface area contributed by atoms with Crippen LogP contribution in [-0.2, 0) is 25.7 Å². The van der Waals surface area contributed by atoms with Crippen LogP contribution < -0.4 is 5.43 Å². The molecule has 0 unspecified atom stereocenters. The summed E-state index contributed by atoms with van der Waals surface area (Å²) in [6.45, 7) is 11.4. The van der Waals surface area contributed by atoms with Crippen molar-refractivity contribution in [2.45, 2.75) is 71.7 Å². The van der Waals surface area contributed by atoms with Gasteiger partial charge in [0.2, 0.25) is 5.91 Å². The number of ether oxygens (including phenoxy) is 1. The fourth-order valence-electron chi connectivity index (χ4n) is 3.70. The zero-order valence-electron chi connectivity index (χ0n) is 18.4. The van der Waals surface area contributed by atoms with Crippen LogP contribution in [0.2, 0.25) is 0 Å². The maximum Gasteiger partial charge on any atom is 0.355 e. The van der Waals surface area contributed by atoms with Gasteiger partial charge in [0.05, 0.1) is 0 Å². The van der Waals surface area contributed by atoms with E-state index in [9.17, 15) is 14.4 Å². The summed E-state index contributed by atoms with van der Waals surface area (Å²) in [6, 6.07) is 8.88. The number of esters is 1. The number of nitrogens with one attached hydrogen (secondary N) is 1. The predicted octanol–water partition coefficient (Wildman–Crippen LogP) is 2.25. The van der Waals surface area contributed by atoms with Gasteiger partial charge in [0.15, 0.2) is 5.71 Å². The number of hydrogen-bond acceptors (Lipinski definition) is 7. The molecule has 1 aromatic carbocycles. The average molecular weight is 415 g/mol. The van der Waals surface area contributed by atoms with E-state index in [1.807, 2.05) is 44.2 Å². The van der Waals surface area contributed by atoms with Gasteiger partial charge in [0, 0.05) is 24.4 Å². The van der Waals surface area contributed by atoms with Crippen molar-refractivity contribution in [3.05, 3.63) is 35.9 Å². The second kappa shape index (κ2) is 7.83. The molecule has 2 amide bonds. The lowest BCUT2D eigenvalue weighted by molar-refractivity contribution is -0.163. The second-order valence-electron chi connectivity index (χ2n) is 9.47. The quantitative estimate of drug-likeness (QED) is 0.600.